The van der Waals surface area contributed by atoms with Crippen LogP contribution in [-0.2, 0) is 11.3 Å². The summed E-state index contributed by atoms with van der Waals surface area (Å²) in [7, 11) is 0. The van der Waals surface area contributed by atoms with Crippen LogP contribution in [0.5, 0.6) is 0 Å². The van der Waals surface area contributed by atoms with Crippen LogP contribution in [0.25, 0.3) is 17.0 Å². The van der Waals surface area contributed by atoms with Gasteiger partial charge in [0.1, 0.15) is 5.04 Å². The van der Waals surface area contributed by atoms with Crippen molar-refractivity contribution < 1.29 is 4.79 Å². The number of amides is 1. The Kier molecular flexibility index (Phi) is 4.59. The number of carbonyl (C=O) groups excluding carboxylic acids is 1. The van der Waals surface area contributed by atoms with Crippen molar-refractivity contribution in [2.45, 2.75) is 19.9 Å². The number of thioether (sulfide) groups is 1. The third-order valence-electron chi connectivity index (χ3n) is 5.11. The lowest BCUT2D eigenvalue weighted by Crippen LogP contribution is -2.35. The van der Waals surface area contributed by atoms with Crippen LogP contribution in [0.15, 0.2) is 76.5 Å². The molecule has 0 fully saturated rings. The molecule has 1 amide bonds. The normalized spacial score (nSPS) is 17.5. The summed E-state index contributed by atoms with van der Waals surface area (Å²) in [5.74, 6) is -0.327. The zero-order valence-corrected chi connectivity index (χ0v) is 17.2. The van der Waals surface area contributed by atoms with Gasteiger partial charge >= 0.3 is 0 Å². The summed E-state index contributed by atoms with van der Waals surface area (Å²) < 4.78 is 2.17. The zero-order valence-electron chi connectivity index (χ0n) is 16.4. The van der Waals surface area contributed by atoms with Crippen molar-refractivity contribution in [3.63, 3.8) is 0 Å². The highest BCUT2D eigenvalue weighted by atomic mass is 32.2. The van der Waals surface area contributed by atoms with Crippen molar-refractivity contribution in [2.24, 2.45) is 10.1 Å². The molecule has 0 radical (unpaired) electrons. The minimum Gasteiger partial charge on any atom is -0.342 e. The van der Waals surface area contributed by atoms with Gasteiger partial charge in [0, 0.05) is 29.2 Å². The third kappa shape index (κ3) is 3.17. The summed E-state index contributed by atoms with van der Waals surface area (Å²) in [6.45, 7) is 2.72. The molecule has 0 saturated carbocycles. The first-order valence-corrected chi connectivity index (χ1v) is 10.6. The van der Waals surface area contributed by atoms with Gasteiger partial charge in [-0.05, 0) is 35.9 Å². The van der Waals surface area contributed by atoms with Gasteiger partial charge in [-0.25, -0.2) is 0 Å². The van der Waals surface area contributed by atoms with E-state index in [-0.39, 0.29) is 11.4 Å². The highest BCUT2D eigenvalue weighted by Gasteiger charge is 2.35. The first-order chi connectivity index (χ1) is 14.6. The van der Waals surface area contributed by atoms with Gasteiger partial charge in [-0.2, -0.15) is 15.1 Å². The van der Waals surface area contributed by atoms with Crippen molar-refractivity contribution in [2.75, 3.05) is 0 Å². The van der Waals surface area contributed by atoms with Crippen LogP contribution in [0.3, 0.4) is 0 Å². The van der Waals surface area contributed by atoms with Crippen molar-refractivity contribution in [1.29, 1.82) is 5.41 Å². The second kappa shape index (κ2) is 7.42. The quantitative estimate of drug-likeness (QED) is 0.629. The van der Waals surface area contributed by atoms with Gasteiger partial charge in [-0.3, -0.25) is 10.2 Å². The third-order valence-corrected chi connectivity index (χ3v) is 6.17. The largest absolute Gasteiger partial charge is 0.342 e. The summed E-state index contributed by atoms with van der Waals surface area (Å²) in [5.41, 5.74) is 3.42. The molecule has 2 aliphatic heterocycles. The fraction of sp³-hybridized carbons (Fsp3) is 0.130. The predicted octanol–water partition coefficient (Wildman–Crippen LogP) is 4.72. The fourth-order valence-electron chi connectivity index (χ4n) is 3.63. The van der Waals surface area contributed by atoms with Crippen molar-refractivity contribution >= 4 is 50.7 Å². The number of fused-ring (bicyclic) bond motifs is 2. The Hall–Kier alpha value is -3.45. The van der Waals surface area contributed by atoms with E-state index in [0.29, 0.717) is 5.17 Å². The molecule has 2 aromatic carbocycles. The molecule has 3 aromatic rings. The lowest BCUT2D eigenvalue weighted by molar-refractivity contribution is -0.114. The number of hydrazone groups is 1. The van der Waals surface area contributed by atoms with Gasteiger partial charge in [-0.1, -0.05) is 55.5 Å². The lowest BCUT2D eigenvalue weighted by atomic mass is 10.1. The monoisotopic (exact) mass is 413 g/mol. The molecular weight excluding hydrogens is 394 g/mol. The highest BCUT2D eigenvalue weighted by molar-refractivity contribution is 8.26. The fourth-order valence-corrected chi connectivity index (χ4v) is 4.46. The van der Waals surface area contributed by atoms with E-state index in [1.807, 2.05) is 49.5 Å². The Morgan fingerprint density at radius 3 is 2.67 bits per heavy atom. The number of para-hydroxylation sites is 1. The number of hydrogen-bond donors (Lipinski definition) is 1. The average molecular weight is 414 g/mol. The number of aromatic nitrogens is 1. The molecule has 6 nitrogen and oxygen atoms in total. The topological polar surface area (TPSA) is 73.8 Å². The van der Waals surface area contributed by atoms with Gasteiger partial charge in [0.05, 0.1) is 5.57 Å². The smallest absolute Gasteiger partial charge is 0.283 e. The van der Waals surface area contributed by atoms with Crippen molar-refractivity contribution in [3.05, 3.63) is 77.5 Å². The molecule has 30 heavy (non-hydrogen) atoms. The highest BCUT2D eigenvalue weighted by Crippen LogP contribution is 2.31. The molecule has 1 aromatic heterocycles. The molecule has 1 N–H and O–H groups in total. The van der Waals surface area contributed by atoms with Crippen LogP contribution in [0, 0.1) is 5.41 Å². The minimum absolute atomic E-state index is 0.0702. The number of amidine groups is 2. The van der Waals surface area contributed by atoms with Crippen LogP contribution >= 0.6 is 11.8 Å². The van der Waals surface area contributed by atoms with Crippen LogP contribution in [0.4, 0.5) is 0 Å². The van der Waals surface area contributed by atoms with E-state index in [1.54, 1.807) is 6.08 Å². The number of hydrogen-bond acceptors (Lipinski definition) is 4. The Balaban J connectivity index is 1.57. The van der Waals surface area contributed by atoms with Crippen molar-refractivity contribution in [1.82, 2.24) is 9.58 Å². The lowest BCUT2D eigenvalue weighted by Gasteiger charge is -2.20. The van der Waals surface area contributed by atoms with Gasteiger partial charge < -0.3 is 4.57 Å². The Morgan fingerprint density at radius 2 is 1.87 bits per heavy atom. The van der Waals surface area contributed by atoms with E-state index in [2.05, 4.69) is 32.9 Å². The molecule has 0 aliphatic carbocycles. The minimum atomic E-state index is -0.397. The van der Waals surface area contributed by atoms with E-state index in [0.717, 1.165) is 34.5 Å². The molecule has 0 saturated heterocycles. The summed E-state index contributed by atoms with van der Waals surface area (Å²) >= 11 is 1.35. The number of nitrogens with zero attached hydrogens (tertiary/aromatic N) is 4. The Labute approximate surface area is 178 Å². The maximum absolute atomic E-state index is 12.7. The predicted molar refractivity (Wildman–Crippen MR) is 123 cm³/mol. The van der Waals surface area contributed by atoms with Crippen LogP contribution < -0.4 is 0 Å². The maximum Gasteiger partial charge on any atom is 0.283 e. The molecule has 0 atom stereocenters. The van der Waals surface area contributed by atoms with Gasteiger partial charge in [0.25, 0.3) is 5.91 Å². The zero-order chi connectivity index (χ0) is 20.7. The SMILES string of the molecule is CCC1=NN2C(=N)/C(=C\c3cn(Cc4ccccc4)c4ccccc34)C(=O)N=C2S1. The summed E-state index contributed by atoms with van der Waals surface area (Å²) in [4.78, 5) is 16.8. The molecule has 5 rings (SSSR count). The number of rotatable bonds is 4. The first-order valence-electron chi connectivity index (χ1n) is 9.75. The molecule has 0 bridgehead atoms. The number of nitrogens with one attached hydrogen (secondary N) is 1. The molecule has 2 aliphatic rings. The van der Waals surface area contributed by atoms with E-state index in [9.17, 15) is 4.79 Å². The van der Waals surface area contributed by atoms with E-state index in [1.165, 1.54) is 22.3 Å². The van der Waals surface area contributed by atoms with E-state index >= 15 is 0 Å². The second-order valence-electron chi connectivity index (χ2n) is 7.08. The summed E-state index contributed by atoms with van der Waals surface area (Å²) in [6, 6.07) is 18.3. The Morgan fingerprint density at radius 1 is 1.10 bits per heavy atom. The number of carbonyl (C=O) groups is 1. The molecule has 0 unspecified atom stereocenters. The molecule has 0 spiro atoms. The molecule has 3 heterocycles. The average Bonchev–Trinajstić information content (AvgIpc) is 3.33. The second-order valence-corrected chi connectivity index (χ2v) is 8.12. The number of aliphatic imine (C=N–C) groups is 1. The van der Waals surface area contributed by atoms with Crippen LogP contribution in [-0.4, -0.2) is 31.5 Å². The van der Waals surface area contributed by atoms with Crippen molar-refractivity contribution in [3.8, 4) is 0 Å². The molecule has 148 valence electrons. The number of benzene rings is 2. The molecular formula is C23H19N5OS. The van der Waals surface area contributed by atoms with E-state index < -0.39 is 5.91 Å². The van der Waals surface area contributed by atoms with Gasteiger partial charge in [0.2, 0.25) is 5.17 Å². The summed E-state index contributed by atoms with van der Waals surface area (Å²) in [6.07, 6.45) is 4.54. The maximum atomic E-state index is 12.7. The van der Waals surface area contributed by atoms with Gasteiger partial charge in [0.15, 0.2) is 5.84 Å². The van der Waals surface area contributed by atoms with E-state index in [4.69, 9.17) is 5.41 Å². The standard InChI is InChI=1S/C23H19N5OS/c1-2-20-26-28-21(24)18(22(29)25-23(28)30-20)12-16-14-27(13-15-8-4-3-5-9-15)19-11-7-6-10-17(16)19/h3-12,14,24H,2,13H2,1H3/b18-12+,24-21?. The van der Waals surface area contributed by atoms with Crippen LogP contribution in [0.1, 0.15) is 24.5 Å². The van der Waals surface area contributed by atoms with Gasteiger partial charge in [-0.15, -0.1) is 0 Å². The summed E-state index contributed by atoms with van der Waals surface area (Å²) in [5, 5.41) is 16.8. The van der Waals surface area contributed by atoms with Crippen LogP contribution in [0.2, 0.25) is 0 Å². The molecule has 7 heteroatoms. The Bertz CT molecular complexity index is 1270. The first kappa shape index (κ1) is 18.6.